The Kier molecular flexibility index (Phi) is 3.62. The molecule has 0 saturated carbocycles. The predicted molar refractivity (Wildman–Crippen MR) is 95.9 cm³/mol. The number of ether oxygens (including phenoxy) is 1. The van der Waals surface area contributed by atoms with E-state index in [0.29, 0.717) is 0 Å². The summed E-state index contributed by atoms with van der Waals surface area (Å²) in [5.41, 5.74) is 3.06. The van der Waals surface area contributed by atoms with Gasteiger partial charge in [0.25, 0.3) is 0 Å². The third-order valence-corrected chi connectivity index (χ3v) is 4.55. The number of fused-ring (bicyclic) bond motifs is 1. The first-order chi connectivity index (χ1) is 11.7. The summed E-state index contributed by atoms with van der Waals surface area (Å²) >= 11 is 1.60. The highest BCUT2D eigenvalue weighted by Gasteiger charge is 2.08. The Hall–Kier alpha value is -2.93. The molecule has 0 aliphatic rings. The lowest BCUT2D eigenvalue weighted by atomic mass is 10.1. The van der Waals surface area contributed by atoms with Crippen molar-refractivity contribution >= 4 is 32.5 Å². The first-order valence-electron chi connectivity index (χ1n) is 7.38. The molecule has 4 aromatic rings. The van der Waals surface area contributed by atoms with Gasteiger partial charge < -0.3 is 10.1 Å². The highest BCUT2D eigenvalue weighted by Crippen LogP contribution is 2.32. The number of aryl methyl sites for hydroxylation is 1. The number of anilines is 2. The molecule has 0 bridgehead atoms. The van der Waals surface area contributed by atoms with Crippen molar-refractivity contribution in [3.05, 3.63) is 48.9 Å². The first-order valence-corrected chi connectivity index (χ1v) is 8.19. The zero-order valence-corrected chi connectivity index (χ0v) is 14.0. The van der Waals surface area contributed by atoms with Gasteiger partial charge in [0.2, 0.25) is 0 Å². The largest absolute Gasteiger partial charge is 0.495 e. The van der Waals surface area contributed by atoms with Gasteiger partial charge in [0, 0.05) is 31.1 Å². The quantitative estimate of drug-likeness (QED) is 0.613. The summed E-state index contributed by atoms with van der Waals surface area (Å²) in [7, 11) is 3.53. The van der Waals surface area contributed by atoms with Crippen molar-refractivity contribution in [1.29, 1.82) is 0 Å². The molecule has 0 spiro atoms. The summed E-state index contributed by atoms with van der Waals surface area (Å²) in [6.45, 7) is 0. The third kappa shape index (κ3) is 2.81. The summed E-state index contributed by atoms with van der Waals surface area (Å²) in [5.74, 6) is 1.53. The molecule has 3 heterocycles. The number of benzene rings is 1. The van der Waals surface area contributed by atoms with Crippen molar-refractivity contribution in [3.8, 4) is 16.9 Å². The van der Waals surface area contributed by atoms with Gasteiger partial charge in [0.1, 0.15) is 5.75 Å². The molecule has 24 heavy (non-hydrogen) atoms. The van der Waals surface area contributed by atoms with E-state index in [2.05, 4.69) is 26.4 Å². The molecule has 0 aliphatic carbocycles. The van der Waals surface area contributed by atoms with E-state index < -0.39 is 0 Å². The van der Waals surface area contributed by atoms with Crippen LogP contribution in [-0.4, -0.2) is 26.9 Å². The lowest BCUT2D eigenvalue weighted by molar-refractivity contribution is 0.413. The molecule has 7 heteroatoms. The molecule has 120 valence electrons. The number of hydrogen-bond donors (Lipinski definition) is 1. The Balaban J connectivity index is 1.67. The maximum Gasteiger partial charge on any atom is 0.189 e. The van der Waals surface area contributed by atoms with Gasteiger partial charge in [-0.15, -0.1) is 0 Å². The van der Waals surface area contributed by atoms with Gasteiger partial charge in [0.15, 0.2) is 10.9 Å². The lowest BCUT2D eigenvalue weighted by Crippen LogP contribution is -1.92. The fraction of sp³-hybridized carbons (Fsp3) is 0.118. The molecular formula is C17H15N5OS. The smallest absolute Gasteiger partial charge is 0.189 e. The van der Waals surface area contributed by atoms with Gasteiger partial charge in [-0.2, -0.15) is 5.10 Å². The van der Waals surface area contributed by atoms with Crippen molar-refractivity contribution < 1.29 is 4.74 Å². The number of nitrogens with one attached hydrogen (secondary N) is 1. The standard InChI is InChI=1S/C17H15N5OS/c1-22-6-5-16(21-22)20-17-19-14-4-3-11(8-15(14)24-17)12-7-13(23-2)10-18-9-12/h3-10H,1-2H3,(H,19,20,21). The number of methoxy groups -OCH3 is 1. The van der Waals surface area contributed by atoms with Crippen LogP contribution in [0.25, 0.3) is 21.3 Å². The fourth-order valence-electron chi connectivity index (χ4n) is 2.44. The summed E-state index contributed by atoms with van der Waals surface area (Å²) in [6.07, 6.45) is 5.42. The van der Waals surface area contributed by atoms with E-state index >= 15 is 0 Å². The van der Waals surface area contributed by atoms with E-state index in [9.17, 15) is 0 Å². The molecule has 0 unspecified atom stereocenters. The molecule has 0 fully saturated rings. The average molecular weight is 337 g/mol. The Morgan fingerprint density at radius 3 is 2.83 bits per heavy atom. The van der Waals surface area contributed by atoms with Crippen molar-refractivity contribution in [2.75, 3.05) is 12.4 Å². The summed E-state index contributed by atoms with van der Waals surface area (Å²) < 4.78 is 8.10. The van der Waals surface area contributed by atoms with Crippen molar-refractivity contribution in [3.63, 3.8) is 0 Å². The zero-order valence-electron chi connectivity index (χ0n) is 13.2. The number of thiazole rings is 1. The molecule has 4 rings (SSSR count). The maximum absolute atomic E-state index is 5.25. The molecule has 1 aromatic carbocycles. The van der Waals surface area contributed by atoms with Crippen LogP contribution >= 0.6 is 11.3 Å². The van der Waals surface area contributed by atoms with Gasteiger partial charge in [-0.05, 0) is 23.8 Å². The van der Waals surface area contributed by atoms with Gasteiger partial charge in [-0.3, -0.25) is 9.67 Å². The third-order valence-electron chi connectivity index (χ3n) is 3.62. The second kappa shape index (κ2) is 5.93. The minimum Gasteiger partial charge on any atom is -0.495 e. The Morgan fingerprint density at radius 1 is 1.12 bits per heavy atom. The fourth-order valence-corrected chi connectivity index (χ4v) is 3.35. The summed E-state index contributed by atoms with van der Waals surface area (Å²) in [6, 6.07) is 10.1. The van der Waals surface area contributed by atoms with Gasteiger partial charge in [-0.25, -0.2) is 4.98 Å². The van der Waals surface area contributed by atoms with Crippen LogP contribution in [0.1, 0.15) is 0 Å². The zero-order chi connectivity index (χ0) is 16.5. The Bertz CT molecular complexity index is 1010. The summed E-state index contributed by atoms with van der Waals surface area (Å²) in [4.78, 5) is 8.82. The normalized spacial score (nSPS) is 10.9. The minimum atomic E-state index is 0.745. The Labute approximate surface area is 142 Å². The van der Waals surface area contributed by atoms with E-state index in [1.165, 1.54) is 0 Å². The highest BCUT2D eigenvalue weighted by atomic mass is 32.1. The number of nitrogens with zero attached hydrogens (tertiary/aromatic N) is 4. The molecule has 3 aromatic heterocycles. The van der Waals surface area contributed by atoms with Gasteiger partial charge >= 0.3 is 0 Å². The average Bonchev–Trinajstić information content (AvgIpc) is 3.19. The number of rotatable bonds is 4. The highest BCUT2D eigenvalue weighted by molar-refractivity contribution is 7.22. The van der Waals surface area contributed by atoms with Crippen LogP contribution in [-0.2, 0) is 7.05 Å². The van der Waals surface area contributed by atoms with E-state index in [4.69, 9.17) is 4.74 Å². The molecule has 1 N–H and O–H groups in total. The van der Waals surface area contributed by atoms with Crippen molar-refractivity contribution in [2.24, 2.45) is 7.05 Å². The minimum absolute atomic E-state index is 0.745. The van der Waals surface area contributed by atoms with Crippen molar-refractivity contribution in [2.45, 2.75) is 0 Å². The van der Waals surface area contributed by atoms with Gasteiger partial charge in [-0.1, -0.05) is 17.4 Å². The maximum atomic E-state index is 5.25. The van der Waals surface area contributed by atoms with Crippen LogP contribution in [0, 0.1) is 0 Å². The molecule has 0 radical (unpaired) electrons. The second-order valence-electron chi connectivity index (χ2n) is 5.31. The van der Waals surface area contributed by atoms with Crippen LogP contribution < -0.4 is 10.1 Å². The molecular weight excluding hydrogens is 322 g/mol. The topological polar surface area (TPSA) is 64.9 Å². The van der Waals surface area contributed by atoms with Crippen LogP contribution in [0.5, 0.6) is 5.75 Å². The van der Waals surface area contributed by atoms with Crippen LogP contribution in [0.2, 0.25) is 0 Å². The molecule has 0 amide bonds. The van der Waals surface area contributed by atoms with Gasteiger partial charge in [0.05, 0.1) is 23.5 Å². The lowest BCUT2D eigenvalue weighted by Gasteiger charge is -2.03. The van der Waals surface area contributed by atoms with Crippen LogP contribution in [0.4, 0.5) is 10.9 Å². The van der Waals surface area contributed by atoms with E-state index in [-0.39, 0.29) is 0 Å². The van der Waals surface area contributed by atoms with Crippen LogP contribution in [0.15, 0.2) is 48.9 Å². The molecule has 0 aliphatic heterocycles. The summed E-state index contributed by atoms with van der Waals surface area (Å²) in [5, 5.41) is 8.37. The Morgan fingerprint density at radius 2 is 2.04 bits per heavy atom. The second-order valence-corrected chi connectivity index (χ2v) is 6.35. The first kappa shape index (κ1) is 14.6. The SMILES string of the molecule is COc1cncc(-c2ccc3nc(Nc4ccn(C)n4)sc3c2)c1. The number of pyridine rings is 1. The predicted octanol–water partition coefficient (Wildman–Crippen LogP) is 3.84. The molecule has 0 atom stereocenters. The molecule has 0 saturated heterocycles. The molecule has 6 nitrogen and oxygen atoms in total. The van der Waals surface area contributed by atoms with E-state index in [1.54, 1.807) is 29.3 Å². The number of hydrogen-bond acceptors (Lipinski definition) is 6. The number of aromatic nitrogens is 4. The monoisotopic (exact) mass is 337 g/mol. The van der Waals surface area contributed by atoms with Crippen molar-refractivity contribution in [1.82, 2.24) is 19.7 Å². The van der Waals surface area contributed by atoms with E-state index in [1.807, 2.05) is 43.7 Å². The van der Waals surface area contributed by atoms with Crippen LogP contribution in [0.3, 0.4) is 0 Å². The van der Waals surface area contributed by atoms with E-state index in [0.717, 1.165) is 38.0 Å².